The number of nitrogens with one attached hydrogen (secondary N) is 1. The minimum Gasteiger partial charge on any atom is -0.471 e. The Hall–Kier alpha value is -2.88. The third-order valence-electron chi connectivity index (χ3n) is 4.35. The summed E-state index contributed by atoms with van der Waals surface area (Å²) in [6.45, 7) is 4.17. The molecule has 0 saturated carbocycles. The van der Waals surface area contributed by atoms with Gasteiger partial charge in [-0.1, -0.05) is 23.7 Å². The second kappa shape index (κ2) is 8.86. The molecule has 0 fully saturated rings. The zero-order valence-electron chi connectivity index (χ0n) is 16.4. The van der Waals surface area contributed by atoms with Gasteiger partial charge in [0.25, 0.3) is 5.91 Å². The first-order valence-electron chi connectivity index (χ1n) is 8.96. The first kappa shape index (κ1) is 21.8. The van der Waals surface area contributed by atoms with Crippen LogP contribution in [0.4, 0.5) is 0 Å². The topological polar surface area (TPSA) is 116 Å². The molecule has 0 aliphatic rings. The zero-order valence-corrected chi connectivity index (χ0v) is 18.0. The van der Waals surface area contributed by atoms with Crippen LogP contribution in [0.2, 0.25) is 5.02 Å². The predicted molar refractivity (Wildman–Crippen MR) is 113 cm³/mol. The molecule has 0 spiro atoms. The van der Waals surface area contributed by atoms with E-state index in [1.807, 2.05) is 26.0 Å². The van der Waals surface area contributed by atoms with Crippen LogP contribution in [-0.4, -0.2) is 24.1 Å². The molecule has 0 saturated heterocycles. The summed E-state index contributed by atoms with van der Waals surface area (Å²) in [6.07, 6.45) is 1.64. The number of hydrogen-bond acceptors (Lipinski definition) is 5. The molecule has 30 heavy (non-hydrogen) atoms. The molecule has 0 aliphatic carbocycles. The maximum Gasteiger partial charge on any atom is 0.272 e. The zero-order chi connectivity index (χ0) is 21.9. The van der Waals surface area contributed by atoms with Crippen molar-refractivity contribution in [2.45, 2.75) is 32.0 Å². The van der Waals surface area contributed by atoms with E-state index in [1.54, 1.807) is 24.4 Å². The Bertz CT molecular complexity index is 1150. The SMILES string of the molecule is Cc1cc(OCn2ccc(C(=O)NCc3ccc(S(N)(=O)=O)cc3)n2)cc(C)c1Cl. The highest BCUT2D eigenvalue weighted by atomic mass is 35.5. The number of primary sulfonamides is 1. The van der Waals surface area contributed by atoms with Gasteiger partial charge in [-0.25, -0.2) is 18.2 Å². The van der Waals surface area contributed by atoms with Crippen molar-refractivity contribution in [3.8, 4) is 5.75 Å². The van der Waals surface area contributed by atoms with Crippen molar-refractivity contribution in [1.29, 1.82) is 0 Å². The van der Waals surface area contributed by atoms with Gasteiger partial charge in [0.1, 0.15) is 11.4 Å². The van der Waals surface area contributed by atoms with Crippen molar-refractivity contribution in [1.82, 2.24) is 15.1 Å². The highest BCUT2D eigenvalue weighted by Gasteiger charge is 2.11. The fraction of sp³-hybridized carbons (Fsp3) is 0.200. The Labute approximate surface area is 179 Å². The van der Waals surface area contributed by atoms with Crippen LogP contribution in [-0.2, 0) is 23.3 Å². The summed E-state index contributed by atoms with van der Waals surface area (Å²) in [5.41, 5.74) is 2.81. The molecule has 0 unspecified atom stereocenters. The van der Waals surface area contributed by atoms with Gasteiger partial charge in [-0.3, -0.25) is 4.79 Å². The van der Waals surface area contributed by atoms with Gasteiger partial charge in [0.2, 0.25) is 10.0 Å². The van der Waals surface area contributed by atoms with Crippen LogP contribution in [0.1, 0.15) is 27.2 Å². The Morgan fingerprint density at radius 3 is 2.40 bits per heavy atom. The van der Waals surface area contributed by atoms with Crippen molar-refractivity contribution in [2.24, 2.45) is 5.14 Å². The molecule has 3 aromatic rings. The fourth-order valence-corrected chi connectivity index (χ4v) is 3.38. The van der Waals surface area contributed by atoms with Crippen molar-refractivity contribution >= 4 is 27.5 Å². The third kappa shape index (κ3) is 5.38. The molecule has 0 aliphatic heterocycles. The summed E-state index contributed by atoms with van der Waals surface area (Å²) >= 11 is 6.16. The smallest absolute Gasteiger partial charge is 0.272 e. The number of nitrogens with two attached hydrogens (primary N) is 1. The van der Waals surface area contributed by atoms with Crippen molar-refractivity contribution in [3.05, 3.63) is 76.1 Å². The van der Waals surface area contributed by atoms with E-state index in [1.165, 1.54) is 16.8 Å². The molecule has 2 aromatic carbocycles. The van der Waals surface area contributed by atoms with E-state index in [-0.39, 0.29) is 29.8 Å². The van der Waals surface area contributed by atoms with Gasteiger partial charge >= 0.3 is 0 Å². The number of hydrogen-bond donors (Lipinski definition) is 2. The van der Waals surface area contributed by atoms with Crippen molar-refractivity contribution < 1.29 is 17.9 Å². The van der Waals surface area contributed by atoms with E-state index in [9.17, 15) is 13.2 Å². The molecule has 1 amide bonds. The number of benzene rings is 2. The number of nitrogens with zero attached hydrogens (tertiary/aromatic N) is 2. The van der Waals surface area contributed by atoms with Gasteiger partial charge in [-0.2, -0.15) is 5.10 Å². The quantitative estimate of drug-likeness (QED) is 0.576. The van der Waals surface area contributed by atoms with Crippen molar-refractivity contribution in [2.75, 3.05) is 0 Å². The monoisotopic (exact) mass is 448 g/mol. The number of aromatic nitrogens is 2. The largest absolute Gasteiger partial charge is 0.471 e. The Balaban J connectivity index is 1.56. The van der Waals surface area contributed by atoms with Gasteiger partial charge in [0.15, 0.2) is 6.73 Å². The number of carbonyl (C=O) groups excluding carboxylic acids is 1. The predicted octanol–water partition coefficient (Wildman–Crippen LogP) is 2.77. The van der Waals surface area contributed by atoms with Gasteiger partial charge in [0.05, 0.1) is 4.90 Å². The van der Waals surface area contributed by atoms with Crippen molar-refractivity contribution in [3.63, 3.8) is 0 Å². The molecule has 158 valence electrons. The molecule has 3 rings (SSSR count). The van der Waals surface area contributed by atoms with E-state index in [4.69, 9.17) is 21.5 Å². The Kier molecular flexibility index (Phi) is 6.45. The minimum absolute atomic E-state index is 0.0161. The fourth-order valence-electron chi connectivity index (χ4n) is 2.75. The lowest BCUT2D eigenvalue weighted by Crippen LogP contribution is -2.23. The number of carbonyl (C=O) groups is 1. The average Bonchev–Trinajstić information content (AvgIpc) is 3.17. The summed E-state index contributed by atoms with van der Waals surface area (Å²) in [5.74, 6) is 0.307. The highest BCUT2D eigenvalue weighted by Crippen LogP contribution is 2.26. The molecule has 1 aromatic heterocycles. The Morgan fingerprint density at radius 1 is 1.17 bits per heavy atom. The van der Waals surface area contributed by atoms with Gasteiger partial charge in [-0.15, -0.1) is 0 Å². The lowest BCUT2D eigenvalue weighted by atomic mass is 10.1. The van der Waals surface area contributed by atoms with Crippen LogP contribution in [0.15, 0.2) is 53.6 Å². The maximum absolute atomic E-state index is 12.3. The van der Waals surface area contributed by atoms with Gasteiger partial charge in [-0.05, 0) is 60.9 Å². The number of halogens is 1. The lowest BCUT2D eigenvalue weighted by molar-refractivity contribution is 0.0944. The summed E-state index contributed by atoms with van der Waals surface area (Å²) < 4.78 is 29.8. The molecule has 3 N–H and O–H groups in total. The van der Waals surface area contributed by atoms with Gasteiger partial charge in [0, 0.05) is 17.8 Å². The second-order valence-electron chi connectivity index (χ2n) is 6.76. The molecule has 10 heteroatoms. The highest BCUT2D eigenvalue weighted by molar-refractivity contribution is 7.89. The number of aryl methyl sites for hydroxylation is 2. The molecule has 0 radical (unpaired) electrons. The molecule has 0 atom stereocenters. The summed E-state index contributed by atoms with van der Waals surface area (Å²) in [5, 5.41) is 12.7. The van der Waals surface area contributed by atoms with Crippen LogP contribution < -0.4 is 15.2 Å². The van der Waals surface area contributed by atoms with E-state index in [0.717, 1.165) is 16.7 Å². The van der Waals surface area contributed by atoms with E-state index >= 15 is 0 Å². The third-order valence-corrected chi connectivity index (χ3v) is 5.88. The molecule has 8 nitrogen and oxygen atoms in total. The first-order chi connectivity index (χ1) is 14.1. The Morgan fingerprint density at radius 2 is 1.80 bits per heavy atom. The lowest BCUT2D eigenvalue weighted by Gasteiger charge is -2.10. The van der Waals surface area contributed by atoms with Crippen LogP contribution in [0, 0.1) is 13.8 Å². The summed E-state index contributed by atoms with van der Waals surface area (Å²) in [6, 6.07) is 11.2. The normalized spacial score (nSPS) is 11.3. The number of sulfonamides is 1. The molecular weight excluding hydrogens is 428 g/mol. The second-order valence-corrected chi connectivity index (χ2v) is 8.70. The maximum atomic E-state index is 12.3. The van der Waals surface area contributed by atoms with Gasteiger partial charge < -0.3 is 10.1 Å². The number of ether oxygens (including phenoxy) is 1. The average molecular weight is 449 g/mol. The number of amides is 1. The molecule has 0 bridgehead atoms. The van der Waals surface area contributed by atoms with Crippen LogP contribution in [0.5, 0.6) is 5.75 Å². The van der Waals surface area contributed by atoms with E-state index in [2.05, 4.69) is 10.4 Å². The standard InChI is InChI=1S/C20H21ClN4O4S/c1-13-9-16(10-14(2)19(13)21)29-12-25-8-7-18(24-25)20(26)23-11-15-3-5-17(6-4-15)30(22,27)28/h3-10H,11-12H2,1-2H3,(H,23,26)(H2,22,27,28). The number of rotatable bonds is 7. The molecular formula is C20H21ClN4O4S. The van der Waals surface area contributed by atoms with Crippen LogP contribution >= 0.6 is 11.6 Å². The first-order valence-corrected chi connectivity index (χ1v) is 10.9. The molecule has 1 heterocycles. The van der Waals surface area contributed by atoms with Crippen LogP contribution in [0.3, 0.4) is 0 Å². The summed E-state index contributed by atoms with van der Waals surface area (Å²) in [7, 11) is -3.74. The summed E-state index contributed by atoms with van der Waals surface area (Å²) in [4.78, 5) is 12.3. The van der Waals surface area contributed by atoms with E-state index < -0.39 is 10.0 Å². The minimum atomic E-state index is -3.74. The van der Waals surface area contributed by atoms with Crippen LogP contribution in [0.25, 0.3) is 0 Å². The van der Waals surface area contributed by atoms with E-state index in [0.29, 0.717) is 10.8 Å².